The Hall–Kier alpha value is -3.88. The quantitative estimate of drug-likeness (QED) is 0.369. The molecule has 3 aromatic rings. The van der Waals surface area contributed by atoms with E-state index in [1.54, 1.807) is 23.4 Å². The van der Waals surface area contributed by atoms with E-state index in [4.69, 9.17) is 14.1 Å². The number of guanidine groups is 1. The van der Waals surface area contributed by atoms with E-state index in [9.17, 15) is 9.18 Å². The summed E-state index contributed by atoms with van der Waals surface area (Å²) in [7, 11) is 0. The van der Waals surface area contributed by atoms with Gasteiger partial charge in [-0.3, -0.25) is 9.69 Å². The smallest absolute Gasteiger partial charge is 0.279 e. The number of aryl methyl sites for hydroxylation is 2. The Morgan fingerprint density at radius 1 is 1.11 bits per heavy atom. The zero-order valence-corrected chi connectivity index (χ0v) is 21.2. The summed E-state index contributed by atoms with van der Waals surface area (Å²) in [5, 5.41) is 0. The van der Waals surface area contributed by atoms with Gasteiger partial charge in [-0.05, 0) is 73.7 Å². The highest BCUT2D eigenvalue weighted by Gasteiger charge is 2.42. The second kappa shape index (κ2) is 11.5. The fourth-order valence-corrected chi connectivity index (χ4v) is 4.86. The lowest BCUT2D eigenvalue weighted by molar-refractivity contribution is -0.125. The molecule has 1 amide bonds. The zero-order valence-electron chi connectivity index (χ0n) is 21.2. The maximum Gasteiger partial charge on any atom is 0.279 e. The fourth-order valence-electron chi connectivity index (χ4n) is 4.86. The molecule has 1 atom stereocenters. The minimum Gasteiger partial charge on any atom is -0.342 e. The number of aromatic nitrogens is 2. The van der Waals surface area contributed by atoms with Gasteiger partial charge in [-0.25, -0.2) is 14.4 Å². The molecule has 0 unspecified atom stereocenters. The van der Waals surface area contributed by atoms with Gasteiger partial charge in [0.05, 0.1) is 18.1 Å². The first-order valence-electron chi connectivity index (χ1n) is 12.3. The van der Waals surface area contributed by atoms with Crippen LogP contribution in [0.25, 0.3) is 11.8 Å². The molecule has 0 bridgehead atoms. The van der Waals surface area contributed by atoms with Gasteiger partial charge in [0.15, 0.2) is 0 Å². The second-order valence-electron chi connectivity index (χ2n) is 9.28. The normalized spacial score (nSPS) is 18.0. The first kappa shape index (κ1) is 26.2. The molecular weight excluding hydrogens is 479 g/mol. The molecule has 0 spiro atoms. The summed E-state index contributed by atoms with van der Waals surface area (Å²) in [4.78, 5) is 26.8. The second-order valence-corrected chi connectivity index (χ2v) is 9.28. The van der Waals surface area contributed by atoms with E-state index in [1.165, 1.54) is 12.1 Å². The van der Waals surface area contributed by atoms with Crippen molar-refractivity contribution in [3.05, 3.63) is 88.9 Å². The van der Waals surface area contributed by atoms with Crippen molar-refractivity contribution in [1.29, 1.82) is 0 Å². The first-order valence-corrected chi connectivity index (χ1v) is 12.3. The van der Waals surface area contributed by atoms with Crippen LogP contribution in [0.5, 0.6) is 0 Å². The largest absolute Gasteiger partial charge is 0.342 e. The van der Waals surface area contributed by atoms with Crippen LogP contribution >= 0.6 is 0 Å². The number of nitrogens with zero attached hydrogens (tertiary/aromatic N) is 5. The van der Waals surface area contributed by atoms with Crippen molar-refractivity contribution in [2.24, 2.45) is 4.99 Å². The first-order chi connectivity index (χ1) is 17.9. The van der Waals surface area contributed by atoms with E-state index in [1.807, 2.05) is 35.9 Å². The Labute approximate surface area is 214 Å². The predicted octanol–water partition coefficient (Wildman–Crippen LogP) is 6.25. The fraction of sp³-hybridized carbons (Fsp3) is 0.321. The number of rotatable bonds is 6. The van der Waals surface area contributed by atoms with Crippen LogP contribution in [-0.4, -0.2) is 44.3 Å². The number of benzene rings is 2. The predicted molar refractivity (Wildman–Crippen MR) is 138 cm³/mol. The SMILES string of the molecule is CCCCN1CC[C@H](c2ccc(F)cc2)N2C(=O)/C(=C/c3ccc(-n4cnc(C)c4)c(C)c3)N=C12.FF. The van der Waals surface area contributed by atoms with Gasteiger partial charge in [-0.15, -0.1) is 0 Å². The third-order valence-corrected chi connectivity index (χ3v) is 6.69. The van der Waals surface area contributed by atoms with Gasteiger partial charge in [-0.2, -0.15) is 0 Å². The summed E-state index contributed by atoms with van der Waals surface area (Å²) >= 11 is 0. The van der Waals surface area contributed by atoms with Crippen molar-refractivity contribution in [1.82, 2.24) is 19.4 Å². The van der Waals surface area contributed by atoms with Crippen LogP contribution in [0, 0.1) is 19.7 Å². The van der Waals surface area contributed by atoms with Crippen molar-refractivity contribution in [3.8, 4) is 5.69 Å². The van der Waals surface area contributed by atoms with Crippen molar-refractivity contribution >= 4 is 17.9 Å². The van der Waals surface area contributed by atoms with E-state index in [0.29, 0.717) is 11.7 Å². The lowest BCUT2D eigenvalue weighted by Crippen LogP contribution is -2.51. The zero-order chi connectivity index (χ0) is 26.5. The van der Waals surface area contributed by atoms with E-state index in [2.05, 4.69) is 29.8 Å². The molecule has 2 aromatic carbocycles. The van der Waals surface area contributed by atoms with Crippen LogP contribution in [0.4, 0.5) is 13.5 Å². The molecule has 1 fully saturated rings. The molecule has 2 aliphatic heterocycles. The molecule has 0 radical (unpaired) electrons. The Bertz CT molecular complexity index is 1320. The molecule has 1 saturated heterocycles. The number of hydrogen-bond acceptors (Lipinski definition) is 4. The number of halogens is 3. The number of unbranched alkanes of at least 4 members (excludes halogenated alkanes) is 1. The lowest BCUT2D eigenvalue weighted by Gasteiger charge is -2.40. The highest BCUT2D eigenvalue weighted by Crippen LogP contribution is 2.36. The van der Waals surface area contributed by atoms with Crippen LogP contribution in [0.3, 0.4) is 0 Å². The molecule has 37 heavy (non-hydrogen) atoms. The van der Waals surface area contributed by atoms with Crippen molar-refractivity contribution in [2.45, 2.75) is 46.1 Å². The van der Waals surface area contributed by atoms with E-state index in [0.717, 1.165) is 60.4 Å². The minimum absolute atomic E-state index is 0.109. The van der Waals surface area contributed by atoms with Gasteiger partial charge in [0.2, 0.25) is 5.96 Å². The van der Waals surface area contributed by atoms with Crippen molar-refractivity contribution in [3.63, 3.8) is 0 Å². The molecule has 194 valence electrons. The van der Waals surface area contributed by atoms with Crippen LogP contribution in [-0.2, 0) is 4.79 Å². The van der Waals surface area contributed by atoms with Gasteiger partial charge in [-0.1, -0.05) is 31.5 Å². The van der Waals surface area contributed by atoms with Gasteiger partial charge >= 0.3 is 0 Å². The number of carbonyl (C=O) groups is 1. The third kappa shape index (κ3) is 5.45. The number of imidazole rings is 1. The minimum atomic E-state index is -0.277. The number of aliphatic imine (C=N–C) groups is 1. The molecule has 1 aromatic heterocycles. The van der Waals surface area contributed by atoms with E-state index in [-0.39, 0.29) is 17.8 Å². The topological polar surface area (TPSA) is 53.7 Å². The summed E-state index contributed by atoms with van der Waals surface area (Å²) in [5.41, 5.74) is 5.38. The maximum absolute atomic E-state index is 13.6. The Morgan fingerprint density at radius 2 is 1.86 bits per heavy atom. The standard InChI is InChI=1S/C28H30FN5O.F2/c1-4-5-13-32-14-12-26(22-7-9-23(29)10-8-22)34-27(35)24(31-28(32)34)16-21-6-11-25(19(2)15-21)33-17-20(3)30-18-33;1-2/h6-11,15-18,26H,4-5,12-14H2,1-3H3;/b24-16-;/t26-;/m1./s1. The summed E-state index contributed by atoms with van der Waals surface area (Å²) in [6.45, 7) is 7.85. The molecule has 0 saturated carbocycles. The van der Waals surface area contributed by atoms with Gasteiger partial charge in [0, 0.05) is 34.1 Å². The summed E-state index contributed by atoms with van der Waals surface area (Å²) in [6, 6.07) is 12.4. The molecular formula is C28H30F3N5O. The van der Waals surface area contributed by atoms with Crippen molar-refractivity contribution in [2.75, 3.05) is 13.1 Å². The number of carbonyl (C=O) groups excluding carboxylic acids is 1. The molecule has 5 rings (SSSR count). The molecule has 6 nitrogen and oxygen atoms in total. The van der Waals surface area contributed by atoms with E-state index < -0.39 is 0 Å². The summed E-state index contributed by atoms with van der Waals surface area (Å²) in [5.74, 6) is 0.320. The van der Waals surface area contributed by atoms with Crippen LogP contribution < -0.4 is 0 Å². The molecule has 2 aliphatic rings. The summed E-state index contributed by atoms with van der Waals surface area (Å²) in [6.07, 6.45) is 8.56. The summed E-state index contributed by atoms with van der Waals surface area (Å²) < 4.78 is 31.6. The molecule has 3 heterocycles. The highest BCUT2D eigenvalue weighted by molar-refractivity contribution is 6.14. The average molecular weight is 510 g/mol. The monoisotopic (exact) mass is 509 g/mol. The number of amides is 1. The van der Waals surface area contributed by atoms with Gasteiger partial charge < -0.3 is 9.47 Å². The van der Waals surface area contributed by atoms with Gasteiger partial charge in [0.25, 0.3) is 5.91 Å². The van der Waals surface area contributed by atoms with E-state index >= 15 is 0 Å². The molecule has 0 aliphatic carbocycles. The van der Waals surface area contributed by atoms with Gasteiger partial charge in [0.1, 0.15) is 11.5 Å². The molecule has 0 N–H and O–H groups in total. The molecule has 9 heteroatoms. The van der Waals surface area contributed by atoms with Crippen molar-refractivity contribution < 1.29 is 18.3 Å². The maximum atomic E-state index is 13.6. The number of hydrogen-bond donors (Lipinski definition) is 0. The van der Waals surface area contributed by atoms with Crippen LogP contribution in [0.2, 0.25) is 0 Å². The highest BCUT2D eigenvalue weighted by atomic mass is 20.0. The Balaban J connectivity index is 0.00000156. The number of fused-ring (bicyclic) bond motifs is 1. The third-order valence-electron chi connectivity index (χ3n) is 6.69. The Kier molecular flexibility index (Phi) is 8.11. The Morgan fingerprint density at radius 3 is 2.51 bits per heavy atom. The van der Waals surface area contributed by atoms with Crippen LogP contribution in [0.1, 0.15) is 54.6 Å². The average Bonchev–Trinajstić information content (AvgIpc) is 3.48. The van der Waals surface area contributed by atoms with Crippen LogP contribution in [0.15, 0.2) is 65.7 Å². The lowest BCUT2D eigenvalue weighted by atomic mass is 9.99.